The number of nitrogens with two attached hydrogens (primary N) is 1. The lowest BCUT2D eigenvalue weighted by Gasteiger charge is -2.09. The number of hydrogen-bond acceptors (Lipinski definition) is 5. The highest BCUT2D eigenvalue weighted by molar-refractivity contribution is 5.95. The molecule has 0 aromatic heterocycles. The van der Waals surface area contributed by atoms with Crippen molar-refractivity contribution in [2.75, 3.05) is 11.9 Å². The molecule has 0 saturated heterocycles. The summed E-state index contributed by atoms with van der Waals surface area (Å²) in [6.07, 6.45) is 2.30. The van der Waals surface area contributed by atoms with E-state index in [-0.39, 0.29) is 11.9 Å². The van der Waals surface area contributed by atoms with Crippen LogP contribution < -0.4 is 16.5 Å². The second-order valence-corrected chi connectivity index (χ2v) is 5.81. The van der Waals surface area contributed by atoms with Crippen LogP contribution in [0.5, 0.6) is 0 Å². The van der Waals surface area contributed by atoms with Crippen molar-refractivity contribution in [3.63, 3.8) is 0 Å². The van der Waals surface area contributed by atoms with E-state index in [0.29, 0.717) is 31.6 Å². The molecule has 4 N–H and O–H groups in total. The zero-order valence-corrected chi connectivity index (χ0v) is 15.3. The van der Waals surface area contributed by atoms with E-state index < -0.39 is 0 Å². The van der Waals surface area contributed by atoms with Crippen molar-refractivity contribution >= 4 is 23.9 Å². The fourth-order valence-electron chi connectivity index (χ4n) is 2.52. The minimum atomic E-state index is -0.204. The molecule has 0 heterocycles. The van der Waals surface area contributed by atoms with Gasteiger partial charge in [0.1, 0.15) is 6.34 Å². The molecule has 7 heteroatoms. The van der Waals surface area contributed by atoms with Gasteiger partial charge < -0.3 is 21.2 Å². The van der Waals surface area contributed by atoms with Gasteiger partial charge in [0.2, 0.25) is 0 Å². The number of carbonyl (C=O) groups excluding carboxylic acids is 2. The van der Waals surface area contributed by atoms with Crippen LogP contribution in [0, 0.1) is 0 Å². The SMILES string of the molecule is CCOC(=O)CCc1cccc(CNC(=O)c2cccc(NC=NN)c2)c1. The van der Waals surface area contributed by atoms with Gasteiger partial charge in [-0.15, -0.1) is 0 Å². The summed E-state index contributed by atoms with van der Waals surface area (Å²) in [7, 11) is 0. The summed E-state index contributed by atoms with van der Waals surface area (Å²) >= 11 is 0. The summed E-state index contributed by atoms with van der Waals surface area (Å²) in [5.74, 6) is 4.67. The van der Waals surface area contributed by atoms with E-state index in [2.05, 4.69) is 15.7 Å². The van der Waals surface area contributed by atoms with E-state index >= 15 is 0 Å². The largest absolute Gasteiger partial charge is 0.466 e. The third kappa shape index (κ3) is 6.81. The van der Waals surface area contributed by atoms with Gasteiger partial charge in [-0.25, -0.2) is 0 Å². The van der Waals surface area contributed by atoms with Gasteiger partial charge in [0.15, 0.2) is 0 Å². The molecule has 7 nitrogen and oxygen atoms in total. The minimum Gasteiger partial charge on any atom is -0.466 e. The van der Waals surface area contributed by atoms with Gasteiger partial charge in [0.25, 0.3) is 5.91 Å². The quantitative estimate of drug-likeness (QED) is 0.207. The first-order chi connectivity index (χ1) is 13.1. The molecule has 2 rings (SSSR count). The third-order valence-electron chi connectivity index (χ3n) is 3.80. The van der Waals surface area contributed by atoms with E-state index in [4.69, 9.17) is 10.6 Å². The maximum absolute atomic E-state index is 12.4. The second kappa shape index (κ2) is 10.6. The number of rotatable bonds is 9. The first-order valence-corrected chi connectivity index (χ1v) is 8.72. The van der Waals surface area contributed by atoms with Crippen molar-refractivity contribution in [2.24, 2.45) is 10.9 Å². The number of ether oxygens (including phenoxy) is 1. The number of nitrogens with zero attached hydrogens (tertiary/aromatic N) is 1. The number of hydrazone groups is 1. The summed E-state index contributed by atoms with van der Waals surface area (Å²) in [6, 6.07) is 14.8. The van der Waals surface area contributed by atoms with Crippen molar-refractivity contribution in [2.45, 2.75) is 26.3 Å². The summed E-state index contributed by atoms with van der Waals surface area (Å²) in [6.45, 7) is 2.58. The summed E-state index contributed by atoms with van der Waals surface area (Å²) in [5, 5.41) is 9.12. The maximum atomic E-state index is 12.4. The molecule has 0 bridgehead atoms. The van der Waals surface area contributed by atoms with E-state index in [1.54, 1.807) is 25.1 Å². The number of carbonyl (C=O) groups is 2. The molecule has 2 aromatic rings. The molecule has 142 valence electrons. The molecule has 27 heavy (non-hydrogen) atoms. The van der Waals surface area contributed by atoms with Crippen LogP contribution in [0.4, 0.5) is 5.69 Å². The molecular formula is C20H24N4O3. The lowest BCUT2D eigenvalue weighted by atomic mass is 10.1. The normalized spacial score (nSPS) is 10.6. The Morgan fingerprint density at radius 2 is 1.93 bits per heavy atom. The van der Waals surface area contributed by atoms with E-state index in [1.165, 1.54) is 6.34 Å². The van der Waals surface area contributed by atoms with Gasteiger partial charge in [-0.1, -0.05) is 30.3 Å². The Morgan fingerprint density at radius 1 is 1.15 bits per heavy atom. The number of benzene rings is 2. The first-order valence-electron chi connectivity index (χ1n) is 8.72. The van der Waals surface area contributed by atoms with E-state index in [9.17, 15) is 9.59 Å². The zero-order chi connectivity index (χ0) is 19.5. The van der Waals surface area contributed by atoms with Crippen molar-refractivity contribution in [3.05, 3.63) is 65.2 Å². The number of amides is 1. The highest BCUT2D eigenvalue weighted by Gasteiger charge is 2.07. The van der Waals surface area contributed by atoms with Crippen LogP contribution in [-0.4, -0.2) is 24.8 Å². The molecule has 0 fully saturated rings. The molecule has 0 aliphatic heterocycles. The van der Waals surface area contributed by atoms with Crippen LogP contribution in [-0.2, 0) is 22.5 Å². The van der Waals surface area contributed by atoms with Crippen molar-refractivity contribution < 1.29 is 14.3 Å². The van der Waals surface area contributed by atoms with Gasteiger partial charge in [-0.2, -0.15) is 5.10 Å². The molecule has 0 aliphatic carbocycles. The smallest absolute Gasteiger partial charge is 0.306 e. The highest BCUT2D eigenvalue weighted by Crippen LogP contribution is 2.11. The topological polar surface area (TPSA) is 106 Å². The van der Waals surface area contributed by atoms with Crippen molar-refractivity contribution in [1.82, 2.24) is 5.32 Å². The highest BCUT2D eigenvalue weighted by atomic mass is 16.5. The van der Waals surface area contributed by atoms with Gasteiger partial charge in [-0.05, 0) is 42.7 Å². The predicted molar refractivity (Wildman–Crippen MR) is 105 cm³/mol. The van der Waals surface area contributed by atoms with Crippen LogP contribution in [0.2, 0.25) is 0 Å². The van der Waals surface area contributed by atoms with Crippen molar-refractivity contribution in [3.8, 4) is 0 Å². The molecular weight excluding hydrogens is 344 g/mol. The van der Waals surface area contributed by atoms with Crippen LogP contribution in [0.25, 0.3) is 0 Å². The zero-order valence-electron chi connectivity index (χ0n) is 15.3. The molecule has 0 unspecified atom stereocenters. The average Bonchev–Trinajstić information content (AvgIpc) is 2.69. The lowest BCUT2D eigenvalue weighted by Crippen LogP contribution is -2.22. The van der Waals surface area contributed by atoms with Crippen LogP contribution in [0.1, 0.15) is 34.8 Å². The Bertz CT molecular complexity index is 805. The van der Waals surface area contributed by atoms with E-state index in [0.717, 1.165) is 16.8 Å². The molecule has 0 saturated carbocycles. The maximum Gasteiger partial charge on any atom is 0.306 e. The Labute approximate surface area is 158 Å². The number of esters is 1. The Morgan fingerprint density at radius 3 is 2.70 bits per heavy atom. The average molecular weight is 368 g/mol. The number of nitrogens with one attached hydrogen (secondary N) is 2. The molecule has 0 radical (unpaired) electrons. The lowest BCUT2D eigenvalue weighted by molar-refractivity contribution is -0.143. The molecule has 0 spiro atoms. The van der Waals surface area contributed by atoms with Gasteiger partial charge >= 0.3 is 5.97 Å². The summed E-state index contributed by atoms with van der Waals surface area (Å²) < 4.78 is 4.94. The minimum absolute atomic E-state index is 0.180. The van der Waals surface area contributed by atoms with Crippen molar-refractivity contribution in [1.29, 1.82) is 0 Å². The predicted octanol–water partition coefficient (Wildman–Crippen LogP) is 2.43. The van der Waals surface area contributed by atoms with E-state index in [1.807, 2.05) is 30.3 Å². The summed E-state index contributed by atoms with van der Waals surface area (Å²) in [5.41, 5.74) is 3.25. The number of hydrogen-bond donors (Lipinski definition) is 3. The van der Waals surface area contributed by atoms with Gasteiger partial charge in [0, 0.05) is 24.2 Å². The van der Waals surface area contributed by atoms with Gasteiger partial charge in [0.05, 0.1) is 6.61 Å². The number of anilines is 1. The Hall–Kier alpha value is -3.35. The standard InChI is InChI=1S/C20H24N4O3/c1-2-27-19(25)10-9-15-5-3-6-16(11-15)13-22-20(26)17-7-4-8-18(12-17)23-14-24-21/h3-8,11-12,14H,2,9-10,13,21H2,1H3,(H,22,26)(H,23,24). The van der Waals surface area contributed by atoms with Crippen LogP contribution in [0.3, 0.4) is 0 Å². The van der Waals surface area contributed by atoms with Gasteiger partial charge in [-0.3, -0.25) is 9.59 Å². The monoisotopic (exact) mass is 368 g/mol. The fraction of sp³-hybridized carbons (Fsp3) is 0.250. The summed E-state index contributed by atoms with van der Waals surface area (Å²) in [4.78, 5) is 23.8. The fourth-order valence-corrected chi connectivity index (χ4v) is 2.52. The Balaban J connectivity index is 1.91. The molecule has 0 atom stereocenters. The molecule has 0 aliphatic rings. The first kappa shape index (κ1) is 20.0. The molecule has 1 amide bonds. The molecule has 2 aromatic carbocycles. The van der Waals surface area contributed by atoms with Crippen LogP contribution >= 0.6 is 0 Å². The third-order valence-corrected chi connectivity index (χ3v) is 3.80. The second-order valence-electron chi connectivity index (χ2n) is 5.81. The van der Waals surface area contributed by atoms with Crippen LogP contribution in [0.15, 0.2) is 53.6 Å². The Kier molecular flexibility index (Phi) is 7.84. The number of aryl methyl sites for hydroxylation is 1.